The third-order valence-electron chi connectivity index (χ3n) is 5.93. The highest BCUT2D eigenvalue weighted by Gasteiger charge is 2.36. The van der Waals surface area contributed by atoms with E-state index in [1.807, 2.05) is 67.7 Å². The Bertz CT molecular complexity index is 1510. The van der Waals surface area contributed by atoms with Gasteiger partial charge in [-0.15, -0.1) is 0 Å². The van der Waals surface area contributed by atoms with Gasteiger partial charge < -0.3 is 0 Å². The molecule has 6 heteroatoms. The molecule has 5 rings (SSSR count). The fourth-order valence-electron chi connectivity index (χ4n) is 4.29. The van der Waals surface area contributed by atoms with Crippen molar-refractivity contribution in [1.29, 1.82) is 5.26 Å². The molecule has 0 aliphatic carbocycles. The van der Waals surface area contributed by atoms with Crippen LogP contribution in [0.15, 0.2) is 85.1 Å². The minimum Gasteiger partial charge on any atom is -0.270 e. The Balaban J connectivity index is 1.69. The highest BCUT2D eigenvalue weighted by Crippen LogP contribution is 2.35. The first kappa shape index (κ1) is 22.1. The van der Waals surface area contributed by atoms with Crippen LogP contribution in [0.3, 0.4) is 0 Å². The number of amides is 2. The first-order valence-corrected chi connectivity index (χ1v) is 11.3. The summed E-state index contributed by atoms with van der Waals surface area (Å²) in [6.07, 6.45) is 3.97. The van der Waals surface area contributed by atoms with Crippen molar-refractivity contribution in [2.24, 2.45) is 0 Å². The van der Waals surface area contributed by atoms with Crippen molar-refractivity contribution < 1.29 is 9.59 Å². The van der Waals surface area contributed by atoms with Gasteiger partial charge in [0.05, 0.1) is 30.4 Å². The average Bonchev–Trinajstić information content (AvgIpc) is 3.28. The highest BCUT2D eigenvalue weighted by molar-refractivity contribution is 6.43. The standard InChI is InChI=1S/C29H22N4O2/c1-20-9-7-12-23(17-20)33-28(34)25-14-6-5-13-24(25)26(29(33)35)18-22-19-32(16-8-15-30)31-27(22)21-10-3-2-4-11-21/h2-7,9-14,17-19H,8,16H2,1H3. The van der Waals surface area contributed by atoms with E-state index in [0.29, 0.717) is 41.0 Å². The number of carbonyl (C=O) groups excluding carboxylic acids is 2. The number of fused-ring (bicyclic) bond motifs is 1. The lowest BCUT2D eigenvalue weighted by atomic mass is 9.91. The van der Waals surface area contributed by atoms with Crippen molar-refractivity contribution in [2.45, 2.75) is 19.9 Å². The summed E-state index contributed by atoms with van der Waals surface area (Å²) in [6, 6.07) is 26.4. The van der Waals surface area contributed by atoms with E-state index in [0.717, 1.165) is 16.7 Å². The van der Waals surface area contributed by atoms with Crippen molar-refractivity contribution in [2.75, 3.05) is 4.90 Å². The second-order valence-electron chi connectivity index (χ2n) is 8.36. The van der Waals surface area contributed by atoms with Crippen molar-refractivity contribution in [3.8, 4) is 17.3 Å². The van der Waals surface area contributed by atoms with Gasteiger partial charge in [-0.05, 0) is 42.3 Å². The summed E-state index contributed by atoms with van der Waals surface area (Å²) >= 11 is 0. The third-order valence-corrected chi connectivity index (χ3v) is 5.93. The number of hydrogen-bond donors (Lipinski definition) is 0. The molecule has 2 heterocycles. The molecular weight excluding hydrogens is 436 g/mol. The number of anilines is 1. The molecule has 1 aliphatic rings. The van der Waals surface area contributed by atoms with Gasteiger partial charge in [0, 0.05) is 28.5 Å². The normalized spacial score (nSPS) is 14.2. The van der Waals surface area contributed by atoms with Gasteiger partial charge in [0.2, 0.25) is 0 Å². The molecule has 6 nitrogen and oxygen atoms in total. The van der Waals surface area contributed by atoms with Gasteiger partial charge in [0.15, 0.2) is 0 Å². The molecule has 4 aromatic rings. The van der Waals surface area contributed by atoms with Gasteiger partial charge in [0.25, 0.3) is 11.8 Å². The molecule has 0 bridgehead atoms. The van der Waals surface area contributed by atoms with Crippen molar-refractivity contribution in [3.05, 3.63) is 107 Å². The Kier molecular flexibility index (Phi) is 5.82. The molecular formula is C29H22N4O2. The molecule has 1 aromatic heterocycles. The van der Waals surface area contributed by atoms with Crippen LogP contribution in [0.1, 0.15) is 33.5 Å². The average molecular weight is 459 g/mol. The monoisotopic (exact) mass is 458 g/mol. The molecule has 35 heavy (non-hydrogen) atoms. The Morgan fingerprint density at radius 2 is 1.66 bits per heavy atom. The molecule has 3 aromatic carbocycles. The molecule has 0 fully saturated rings. The highest BCUT2D eigenvalue weighted by atomic mass is 16.2. The summed E-state index contributed by atoms with van der Waals surface area (Å²) in [4.78, 5) is 28.4. The van der Waals surface area contributed by atoms with Crippen LogP contribution in [0.2, 0.25) is 0 Å². The molecule has 0 N–H and O–H groups in total. The predicted octanol–water partition coefficient (Wildman–Crippen LogP) is 5.50. The molecule has 0 radical (unpaired) electrons. The van der Waals surface area contributed by atoms with Crippen LogP contribution in [0.25, 0.3) is 22.9 Å². The largest absolute Gasteiger partial charge is 0.270 e. The van der Waals surface area contributed by atoms with Crippen LogP contribution in [0.5, 0.6) is 0 Å². The van der Waals surface area contributed by atoms with Crippen LogP contribution in [-0.2, 0) is 11.3 Å². The summed E-state index contributed by atoms with van der Waals surface area (Å²) in [7, 11) is 0. The summed E-state index contributed by atoms with van der Waals surface area (Å²) in [5, 5.41) is 13.7. The lowest BCUT2D eigenvalue weighted by molar-refractivity contribution is -0.112. The maximum atomic E-state index is 13.8. The van der Waals surface area contributed by atoms with E-state index in [-0.39, 0.29) is 11.8 Å². The zero-order valence-corrected chi connectivity index (χ0v) is 19.2. The van der Waals surface area contributed by atoms with Crippen LogP contribution >= 0.6 is 0 Å². The molecule has 0 unspecified atom stereocenters. The maximum Gasteiger partial charge on any atom is 0.265 e. The lowest BCUT2D eigenvalue weighted by Gasteiger charge is -2.29. The molecule has 0 saturated heterocycles. The number of aryl methyl sites for hydroxylation is 2. The van der Waals surface area contributed by atoms with E-state index in [1.54, 1.807) is 35.0 Å². The minimum atomic E-state index is -0.386. The van der Waals surface area contributed by atoms with Gasteiger partial charge in [-0.1, -0.05) is 60.7 Å². The van der Waals surface area contributed by atoms with Gasteiger partial charge in [-0.2, -0.15) is 10.4 Å². The van der Waals surface area contributed by atoms with Crippen LogP contribution in [0.4, 0.5) is 5.69 Å². The number of carbonyl (C=O) groups is 2. The summed E-state index contributed by atoms with van der Waals surface area (Å²) < 4.78 is 1.72. The van der Waals surface area contributed by atoms with Crippen LogP contribution < -0.4 is 4.90 Å². The molecule has 170 valence electrons. The summed E-state index contributed by atoms with van der Waals surface area (Å²) in [5.41, 5.74) is 5.32. The van der Waals surface area contributed by atoms with E-state index >= 15 is 0 Å². The van der Waals surface area contributed by atoms with Gasteiger partial charge in [-0.3, -0.25) is 14.3 Å². The summed E-state index contributed by atoms with van der Waals surface area (Å²) in [5.74, 6) is -0.732. The van der Waals surface area contributed by atoms with Gasteiger partial charge >= 0.3 is 0 Å². The number of nitrogens with zero attached hydrogens (tertiary/aromatic N) is 4. The van der Waals surface area contributed by atoms with Crippen LogP contribution in [0, 0.1) is 18.3 Å². The Hall–Kier alpha value is -4.76. The Morgan fingerprint density at radius 3 is 2.40 bits per heavy atom. The van der Waals surface area contributed by atoms with Crippen molar-refractivity contribution in [1.82, 2.24) is 9.78 Å². The predicted molar refractivity (Wildman–Crippen MR) is 135 cm³/mol. The first-order chi connectivity index (χ1) is 17.1. The number of aromatic nitrogens is 2. The molecule has 0 spiro atoms. The summed E-state index contributed by atoms with van der Waals surface area (Å²) in [6.45, 7) is 2.37. The lowest BCUT2D eigenvalue weighted by Crippen LogP contribution is -2.41. The molecule has 0 saturated carbocycles. The van der Waals surface area contributed by atoms with Crippen molar-refractivity contribution in [3.63, 3.8) is 0 Å². The topological polar surface area (TPSA) is 79.0 Å². The maximum absolute atomic E-state index is 13.8. The fourth-order valence-corrected chi connectivity index (χ4v) is 4.29. The van der Waals surface area contributed by atoms with E-state index in [9.17, 15) is 9.59 Å². The number of imide groups is 1. The third kappa shape index (κ3) is 4.16. The number of hydrogen-bond acceptors (Lipinski definition) is 4. The van der Waals surface area contributed by atoms with Gasteiger partial charge in [-0.25, -0.2) is 4.90 Å². The van der Waals surface area contributed by atoms with E-state index in [2.05, 4.69) is 6.07 Å². The number of rotatable bonds is 5. The molecule has 0 atom stereocenters. The molecule has 2 amide bonds. The Morgan fingerprint density at radius 1 is 0.914 bits per heavy atom. The quantitative estimate of drug-likeness (QED) is 0.292. The first-order valence-electron chi connectivity index (χ1n) is 11.3. The van der Waals surface area contributed by atoms with Gasteiger partial charge in [0.1, 0.15) is 0 Å². The van der Waals surface area contributed by atoms with E-state index < -0.39 is 0 Å². The zero-order chi connectivity index (χ0) is 24.4. The second kappa shape index (κ2) is 9.24. The van der Waals surface area contributed by atoms with E-state index in [1.165, 1.54) is 4.90 Å². The van der Waals surface area contributed by atoms with E-state index in [4.69, 9.17) is 10.4 Å². The fraction of sp³-hybridized carbons (Fsp3) is 0.103. The minimum absolute atomic E-state index is 0.323. The Labute approximate surface area is 203 Å². The van der Waals surface area contributed by atoms with Crippen molar-refractivity contribution >= 4 is 29.2 Å². The second-order valence-corrected chi connectivity index (χ2v) is 8.36. The van der Waals surface area contributed by atoms with Crippen LogP contribution in [-0.4, -0.2) is 21.6 Å². The smallest absolute Gasteiger partial charge is 0.265 e. The zero-order valence-electron chi connectivity index (χ0n) is 19.2. The molecule has 1 aliphatic heterocycles. The number of nitriles is 1. The number of benzene rings is 3. The SMILES string of the molecule is Cc1cccc(N2C(=O)C(=Cc3cn(CCC#N)nc3-c3ccccc3)c3ccccc3C2=O)c1.